The molecule has 0 aromatic heterocycles. The lowest BCUT2D eigenvalue weighted by Gasteiger charge is -2.25. The number of benzene rings is 1. The van der Waals surface area contributed by atoms with Gasteiger partial charge in [0.25, 0.3) is 0 Å². The fourth-order valence-electron chi connectivity index (χ4n) is 4.80. The van der Waals surface area contributed by atoms with Gasteiger partial charge in [-0.1, -0.05) is 30.4 Å². The second kappa shape index (κ2) is 9.10. The van der Waals surface area contributed by atoms with Crippen molar-refractivity contribution >= 4 is 5.97 Å². The van der Waals surface area contributed by atoms with E-state index in [9.17, 15) is 4.79 Å². The van der Waals surface area contributed by atoms with Crippen LogP contribution < -0.4 is 4.74 Å². The van der Waals surface area contributed by atoms with E-state index in [0.29, 0.717) is 30.5 Å². The molecule has 0 amide bonds. The number of rotatable bonds is 12. The first kappa shape index (κ1) is 19.5. The van der Waals surface area contributed by atoms with Gasteiger partial charge in [-0.2, -0.15) is 0 Å². The SMILES string of the molecule is O=C(O)CCCC=CC[C@H]1[C@@H](CCCCOc2ccccc2)[C@@H]2O[C@H]1[C@@H]1O[C@@H]12. The Kier molecular flexibility index (Phi) is 6.33. The first-order valence-corrected chi connectivity index (χ1v) is 10.6. The van der Waals surface area contributed by atoms with E-state index in [4.69, 9.17) is 19.3 Å². The number of para-hydroxylation sites is 1. The molecule has 0 spiro atoms. The van der Waals surface area contributed by atoms with Crippen molar-refractivity contribution in [3.05, 3.63) is 42.5 Å². The molecule has 0 unspecified atom stereocenters. The number of unbranched alkanes of at least 4 members (excludes halogenated alkanes) is 2. The summed E-state index contributed by atoms with van der Waals surface area (Å²) in [7, 11) is 0. The van der Waals surface area contributed by atoms with Crippen LogP contribution in [0.2, 0.25) is 0 Å². The Morgan fingerprint density at radius 2 is 1.71 bits per heavy atom. The zero-order chi connectivity index (χ0) is 19.3. The zero-order valence-electron chi connectivity index (χ0n) is 16.2. The molecule has 1 N–H and O–H groups in total. The van der Waals surface area contributed by atoms with Crippen LogP contribution in [-0.4, -0.2) is 42.1 Å². The van der Waals surface area contributed by atoms with Crippen LogP contribution in [0.5, 0.6) is 5.75 Å². The van der Waals surface area contributed by atoms with E-state index in [2.05, 4.69) is 12.2 Å². The predicted octanol–water partition coefficient (Wildman–Crippen LogP) is 4.22. The molecule has 2 bridgehead atoms. The van der Waals surface area contributed by atoms with Crippen LogP contribution in [0.1, 0.15) is 44.9 Å². The largest absolute Gasteiger partial charge is 0.494 e. The Morgan fingerprint density at radius 3 is 2.50 bits per heavy atom. The summed E-state index contributed by atoms with van der Waals surface area (Å²) in [6.07, 6.45) is 11.7. The van der Waals surface area contributed by atoms with E-state index in [0.717, 1.165) is 44.5 Å². The van der Waals surface area contributed by atoms with Gasteiger partial charge in [-0.3, -0.25) is 4.79 Å². The van der Waals surface area contributed by atoms with Crippen LogP contribution in [0, 0.1) is 11.8 Å². The maximum atomic E-state index is 10.6. The third-order valence-electron chi connectivity index (χ3n) is 6.20. The highest BCUT2D eigenvalue weighted by molar-refractivity contribution is 5.66. The Morgan fingerprint density at radius 1 is 0.964 bits per heavy atom. The van der Waals surface area contributed by atoms with E-state index < -0.39 is 5.97 Å². The van der Waals surface area contributed by atoms with Crippen molar-refractivity contribution in [3.63, 3.8) is 0 Å². The van der Waals surface area contributed by atoms with Crippen LogP contribution in [-0.2, 0) is 14.3 Å². The Bertz CT molecular complexity index is 673. The number of epoxide rings is 1. The second-order valence-corrected chi connectivity index (χ2v) is 8.11. The van der Waals surface area contributed by atoms with Crippen LogP contribution in [0.15, 0.2) is 42.5 Å². The number of ether oxygens (including phenoxy) is 3. The molecular formula is C23H30O5. The fourth-order valence-corrected chi connectivity index (χ4v) is 4.80. The molecule has 3 saturated heterocycles. The standard InChI is InChI=1S/C23H30O5/c24-19(25)14-7-2-1-6-12-17-18(21-23-22(28-23)20(17)27-21)13-8-9-15-26-16-10-4-3-5-11-16/h1,3-6,10-11,17-18,20-23H,2,7-9,12-15H2,(H,24,25)/t17-,18+,20+,21-,22-,23+/m0/s1. The van der Waals surface area contributed by atoms with Gasteiger partial charge in [-0.05, 0) is 62.5 Å². The number of aliphatic carboxylic acids is 1. The molecule has 152 valence electrons. The minimum atomic E-state index is -0.719. The number of hydrogen-bond donors (Lipinski definition) is 1. The second-order valence-electron chi connectivity index (χ2n) is 8.11. The van der Waals surface area contributed by atoms with Crippen molar-refractivity contribution in [3.8, 4) is 5.75 Å². The minimum absolute atomic E-state index is 0.243. The van der Waals surface area contributed by atoms with Gasteiger partial charge in [0.15, 0.2) is 0 Å². The summed E-state index contributed by atoms with van der Waals surface area (Å²) in [5.74, 6) is 1.31. The van der Waals surface area contributed by atoms with Gasteiger partial charge in [0.05, 0.1) is 18.8 Å². The molecule has 5 nitrogen and oxygen atoms in total. The quantitative estimate of drug-likeness (QED) is 0.331. The molecule has 4 rings (SSSR count). The van der Waals surface area contributed by atoms with Crippen molar-refractivity contribution in [1.29, 1.82) is 0 Å². The number of allylic oxidation sites excluding steroid dienone is 2. The molecule has 6 atom stereocenters. The van der Waals surface area contributed by atoms with Gasteiger partial charge in [0.2, 0.25) is 0 Å². The summed E-state index contributed by atoms with van der Waals surface area (Å²) in [5, 5.41) is 8.70. The number of hydrogen-bond acceptors (Lipinski definition) is 4. The molecule has 0 radical (unpaired) electrons. The average Bonchev–Trinajstić information content (AvgIpc) is 3.32. The van der Waals surface area contributed by atoms with Gasteiger partial charge in [0, 0.05) is 6.42 Å². The third-order valence-corrected chi connectivity index (χ3v) is 6.20. The maximum absolute atomic E-state index is 10.6. The first-order valence-electron chi connectivity index (χ1n) is 10.6. The number of carbonyl (C=O) groups is 1. The topological polar surface area (TPSA) is 68.3 Å². The lowest BCUT2D eigenvalue weighted by molar-refractivity contribution is -0.137. The molecule has 3 heterocycles. The molecule has 0 aliphatic carbocycles. The Hall–Kier alpha value is -1.85. The van der Waals surface area contributed by atoms with Crippen LogP contribution in [0.4, 0.5) is 0 Å². The van der Waals surface area contributed by atoms with E-state index in [1.54, 1.807) is 0 Å². The number of fused-ring (bicyclic) bond motifs is 5. The van der Waals surface area contributed by atoms with Crippen molar-refractivity contribution in [2.24, 2.45) is 11.8 Å². The van der Waals surface area contributed by atoms with Gasteiger partial charge in [0.1, 0.15) is 18.0 Å². The molecule has 1 aromatic carbocycles. The minimum Gasteiger partial charge on any atom is -0.494 e. The number of carboxylic acid groups (broad SMARTS) is 1. The van der Waals surface area contributed by atoms with Crippen LogP contribution in [0.3, 0.4) is 0 Å². The molecule has 28 heavy (non-hydrogen) atoms. The van der Waals surface area contributed by atoms with Crippen molar-refractivity contribution in [2.45, 2.75) is 69.4 Å². The molecule has 0 saturated carbocycles. The van der Waals surface area contributed by atoms with E-state index in [1.807, 2.05) is 30.3 Å². The average molecular weight is 386 g/mol. The summed E-state index contributed by atoms with van der Waals surface area (Å²) in [4.78, 5) is 10.6. The van der Waals surface area contributed by atoms with E-state index in [1.165, 1.54) is 0 Å². The fraction of sp³-hybridized carbons (Fsp3) is 0.609. The van der Waals surface area contributed by atoms with Gasteiger partial charge >= 0.3 is 5.97 Å². The monoisotopic (exact) mass is 386 g/mol. The smallest absolute Gasteiger partial charge is 0.303 e. The highest BCUT2D eigenvalue weighted by Crippen LogP contribution is 2.56. The lowest BCUT2D eigenvalue weighted by Crippen LogP contribution is -2.32. The first-order chi connectivity index (χ1) is 13.7. The summed E-state index contributed by atoms with van der Waals surface area (Å²) in [5.41, 5.74) is 0. The van der Waals surface area contributed by atoms with Gasteiger partial charge < -0.3 is 19.3 Å². The van der Waals surface area contributed by atoms with Crippen LogP contribution in [0.25, 0.3) is 0 Å². The van der Waals surface area contributed by atoms with E-state index in [-0.39, 0.29) is 18.6 Å². The Labute approximate surface area is 166 Å². The van der Waals surface area contributed by atoms with E-state index >= 15 is 0 Å². The third kappa shape index (κ3) is 4.58. The zero-order valence-corrected chi connectivity index (χ0v) is 16.2. The van der Waals surface area contributed by atoms with Crippen molar-refractivity contribution < 1.29 is 24.1 Å². The molecular weight excluding hydrogens is 356 g/mol. The number of carboxylic acids is 1. The van der Waals surface area contributed by atoms with Crippen molar-refractivity contribution in [2.75, 3.05) is 6.61 Å². The summed E-state index contributed by atoms with van der Waals surface area (Å²) in [6.45, 7) is 0.752. The summed E-state index contributed by atoms with van der Waals surface area (Å²) < 4.78 is 17.8. The van der Waals surface area contributed by atoms with Gasteiger partial charge in [-0.25, -0.2) is 0 Å². The normalized spacial score (nSPS) is 32.6. The maximum Gasteiger partial charge on any atom is 0.303 e. The highest BCUT2D eigenvalue weighted by Gasteiger charge is 2.68. The molecule has 5 heteroatoms. The Balaban J connectivity index is 1.19. The molecule has 3 fully saturated rings. The molecule has 1 aromatic rings. The summed E-state index contributed by atoms with van der Waals surface area (Å²) >= 11 is 0. The molecule has 3 aliphatic heterocycles. The predicted molar refractivity (Wildman–Crippen MR) is 105 cm³/mol. The highest BCUT2D eigenvalue weighted by atomic mass is 16.7. The molecule has 3 aliphatic rings. The lowest BCUT2D eigenvalue weighted by atomic mass is 9.75. The summed E-state index contributed by atoms with van der Waals surface area (Å²) in [6, 6.07) is 9.97. The van der Waals surface area contributed by atoms with Gasteiger partial charge in [-0.15, -0.1) is 0 Å². The van der Waals surface area contributed by atoms with Crippen molar-refractivity contribution in [1.82, 2.24) is 0 Å². The van der Waals surface area contributed by atoms with Crippen LogP contribution >= 0.6 is 0 Å².